The third-order valence-corrected chi connectivity index (χ3v) is 5.45. The van der Waals surface area contributed by atoms with Gasteiger partial charge in [-0.3, -0.25) is 10.1 Å². The number of thioether (sulfide) groups is 1. The molecule has 0 saturated heterocycles. The van der Waals surface area contributed by atoms with Crippen molar-refractivity contribution in [2.45, 2.75) is 18.7 Å². The predicted molar refractivity (Wildman–Crippen MR) is 107 cm³/mol. The standard InChI is InChI=1S/C19H19N3O3S2/c23-17(22-19(24)20-11-14-5-2-1-3-6-14)8-10-26-12-15-13-27-18(21-15)16-7-4-9-25-16/h1-7,9,13H,8,10-12H2,(H2,20,22,23,24). The quantitative estimate of drug-likeness (QED) is 0.556. The molecule has 0 aliphatic heterocycles. The van der Waals surface area contributed by atoms with Gasteiger partial charge in [0.1, 0.15) is 0 Å². The van der Waals surface area contributed by atoms with E-state index in [1.807, 2.05) is 47.8 Å². The minimum atomic E-state index is -0.476. The van der Waals surface area contributed by atoms with Gasteiger partial charge >= 0.3 is 6.03 Å². The van der Waals surface area contributed by atoms with E-state index >= 15 is 0 Å². The smallest absolute Gasteiger partial charge is 0.321 e. The molecule has 27 heavy (non-hydrogen) atoms. The van der Waals surface area contributed by atoms with Crippen molar-refractivity contribution < 1.29 is 14.0 Å². The maximum absolute atomic E-state index is 11.8. The molecule has 0 aliphatic rings. The number of aromatic nitrogens is 1. The second-order valence-corrected chi connectivity index (χ2v) is 7.60. The average Bonchev–Trinajstić information content (AvgIpc) is 3.36. The van der Waals surface area contributed by atoms with Crippen LogP contribution in [0, 0.1) is 0 Å². The maximum atomic E-state index is 11.8. The molecule has 3 aromatic rings. The fourth-order valence-electron chi connectivity index (χ4n) is 2.24. The van der Waals surface area contributed by atoms with E-state index in [1.54, 1.807) is 18.0 Å². The molecule has 3 rings (SSSR count). The number of thiazole rings is 1. The molecular weight excluding hydrogens is 382 g/mol. The number of hydrogen-bond donors (Lipinski definition) is 2. The fourth-order valence-corrected chi connectivity index (χ4v) is 3.96. The summed E-state index contributed by atoms with van der Waals surface area (Å²) in [7, 11) is 0. The van der Waals surface area contributed by atoms with Gasteiger partial charge < -0.3 is 9.73 Å². The normalized spacial score (nSPS) is 10.5. The van der Waals surface area contributed by atoms with E-state index in [0.717, 1.165) is 22.0 Å². The van der Waals surface area contributed by atoms with E-state index < -0.39 is 6.03 Å². The second-order valence-electron chi connectivity index (χ2n) is 5.64. The van der Waals surface area contributed by atoms with Crippen LogP contribution in [-0.4, -0.2) is 22.7 Å². The molecule has 0 radical (unpaired) electrons. The van der Waals surface area contributed by atoms with Crippen LogP contribution in [0.4, 0.5) is 4.79 Å². The van der Waals surface area contributed by atoms with Gasteiger partial charge in [-0.15, -0.1) is 11.3 Å². The number of urea groups is 1. The third-order valence-electron chi connectivity index (χ3n) is 3.56. The number of hydrogen-bond acceptors (Lipinski definition) is 6. The number of carbonyl (C=O) groups excluding carboxylic acids is 2. The van der Waals surface area contributed by atoms with Crippen LogP contribution in [0.15, 0.2) is 58.5 Å². The molecule has 0 saturated carbocycles. The van der Waals surface area contributed by atoms with Gasteiger partial charge in [0.25, 0.3) is 0 Å². The van der Waals surface area contributed by atoms with Crippen LogP contribution in [0.5, 0.6) is 0 Å². The summed E-state index contributed by atoms with van der Waals surface area (Å²) in [6.07, 6.45) is 1.90. The molecule has 0 spiro atoms. The first-order valence-corrected chi connectivity index (χ1v) is 10.4. The number of rotatable bonds is 8. The van der Waals surface area contributed by atoms with Crippen LogP contribution in [0.1, 0.15) is 17.7 Å². The minimum Gasteiger partial charge on any atom is -0.462 e. The number of benzene rings is 1. The van der Waals surface area contributed by atoms with E-state index in [1.165, 1.54) is 11.3 Å². The molecule has 0 bridgehead atoms. The molecule has 140 valence electrons. The number of nitrogens with zero attached hydrogens (tertiary/aromatic N) is 1. The highest BCUT2D eigenvalue weighted by atomic mass is 32.2. The van der Waals surface area contributed by atoms with Crippen molar-refractivity contribution in [1.29, 1.82) is 0 Å². The largest absolute Gasteiger partial charge is 0.462 e. The average molecular weight is 402 g/mol. The Kier molecular flexibility index (Phi) is 7.06. The molecule has 6 nitrogen and oxygen atoms in total. The van der Waals surface area contributed by atoms with Gasteiger partial charge in [-0.05, 0) is 17.7 Å². The summed E-state index contributed by atoms with van der Waals surface area (Å²) in [5, 5.41) is 7.85. The van der Waals surface area contributed by atoms with Crippen molar-refractivity contribution >= 4 is 35.0 Å². The van der Waals surface area contributed by atoms with Crippen LogP contribution in [0.25, 0.3) is 10.8 Å². The summed E-state index contributed by atoms with van der Waals surface area (Å²) in [5.41, 5.74) is 1.94. The Hall–Kier alpha value is -2.58. The van der Waals surface area contributed by atoms with E-state index in [4.69, 9.17) is 4.42 Å². The number of nitrogens with one attached hydrogen (secondary N) is 2. The zero-order chi connectivity index (χ0) is 18.9. The van der Waals surface area contributed by atoms with Gasteiger partial charge in [0.15, 0.2) is 10.8 Å². The van der Waals surface area contributed by atoms with Gasteiger partial charge in [0, 0.05) is 29.9 Å². The lowest BCUT2D eigenvalue weighted by Gasteiger charge is -2.06. The molecule has 2 aromatic heterocycles. The summed E-state index contributed by atoms with van der Waals surface area (Å²) >= 11 is 3.14. The molecule has 1 aromatic carbocycles. The van der Waals surface area contributed by atoms with Crippen LogP contribution >= 0.6 is 23.1 Å². The highest BCUT2D eigenvalue weighted by molar-refractivity contribution is 7.98. The van der Waals surface area contributed by atoms with Gasteiger partial charge in [-0.2, -0.15) is 11.8 Å². The Morgan fingerprint density at radius 2 is 2.00 bits per heavy atom. The molecule has 0 fully saturated rings. The molecule has 3 amide bonds. The lowest BCUT2D eigenvalue weighted by atomic mass is 10.2. The van der Waals surface area contributed by atoms with Crippen molar-refractivity contribution in [3.05, 3.63) is 65.4 Å². The molecule has 2 N–H and O–H groups in total. The molecule has 0 unspecified atom stereocenters. The Bertz CT molecular complexity index is 863. The van der Waals surface area contributed by atoms with Gasteiger partial charge in [-0.25, -0.2) is 9.78 Å². The van der Waals surface area contributed by atoms with Gasteiger partial charge in [0.2, 0.25) is 5.91 Å². The Labute approximate surface area is 165 Å². The van der Waals surface area contributed by atoms with Crippen LogP contribution in [-0.2, 0) is 17.1 Å². The zero-order valence-corrected chi connectivity index (χ0v) is 16.1. The maximum Gasteiger partial charge on any atom is 0.321 e. The van der Waals surface area contributed by atoms with Crippen LogP contribution < -0.4 is 10.6 Å². The Morgan fingerprint density at radius 3 is 2.78 bits per heavy atom. The topological polar surface area (TPSA) is 84.2 Å². The molecular formula is C19H19N3O3S2. The second kappa shape index (κ2) is 9.94. The van der Waals surface area contributed by atoms with E-state index in [2.05, 4.69) is 15.6 Å². The summed E-state index contributed by atoms with van der Waals surface area (Å²) < 4.78 is 5.33. The summed E-state index contributed by atoms with van der Waals surface area (Å²) in [6, 6.07) is 12.8. The van der Waals surface area contributed by atoms with Crippen molar-refractivity contribution in [3.63, 3.8) is 0 Å². The monoisotopic (exact) mass is 401 g/mol. The highest BCUT2D eigenvalue weighted by Gasteiger charge is 2.09. The first kappa shape index (κ1) is 19.2. The number of imide groups is 1. The summed E-state index contributed by atoms with van der Waals surface area (Å²) in [5.74, 6) is 1.80. The third kappa shape index (κ3) is 6.26. The minimum absolute atomic E-state index is 0.276. The lowest BCUT2D eigenvalue weighted by Crippen LogP contribution is -2.39. The SMILES string of the molecule is O=C(CCSCc1csc(-c2ccco2)n1)NC(=O)NCc1ccccc1. The van der Waals surface area contributed by atoms with E-state index in [9.17, 15) is 9.59 Å². The first-order chi connectivity index (χ1) is 13.2. The van der Waals surface area contributed by atoms with Crippen LogP contribution in [0.2, 0.25) is 0 Å². The van der Waals surface area contributed by atoms with Crippen molar-refractivity contribution in [1.82, 2.24) is 15.6 Å². The zero-order valence-electron chi connectivity index (χ0n) is 14.5. The van der Waals surface area contributed by atoms with Crippen molar-refractivity contribution in [3.8, 4) is 10.8 Å². The lowest BCUT2D eigenvalue weighted by molar-refractivity contribution is -0.119. The van der Waals surface area contributed by atoms with Gasteiger partial charge in [0.05, 0.1) is 12.0 Å². The van der Waals surface area contributed by atoms with E-state index in [0.29, 0.717) is 18.1 Å². The molecule has 0 atom stereocenters. The summed E-state index contributed by atoms with van der Waals surface area (Å²) in [6.45, 7) is 0.385. The Balaban J connectivity index is 1.31. The van der Waals surface area contributed by atoms with Crippen LogP contribution in [0.3, 0.4) is 0 Å². The molecule has 8 heteroatoms. The Morgan fingerprint density at radius 1 is 1.15 bits per heavy atom. The highest BCUT2D eigenvalue weighted by Crippen LogP contribution is 2.25. The number of amides is 3. The first-order valence-electron chi connectivity index (χ1n) is 8.38. The van der Waals surface area contributed by atoms with Crippen molar-refractivity contribution in [2.24, 2.45) is 0 Å². The predicted octanol–water partition coefficient (Wildman–Crippen LogP) is 4.05. The number of furan rings is 1. The van der Waals surface area contributed by atoms with Crippen molar-refractivity contribution in [2.75, 3.05) is 5.75 Å². The fraction of sp³-hybridized carbons (Fsp3) is 0.211. The van der Waals surface area contributed by atoms with E-state index in [-0.39, 0.29) is 12.3 Å². The number of carbonyl (C=O) groups is 2. The summed E-state index contributed by atoms with van der Waals surface area (Å²) in [4.78, 5) is 28.1. The molecule has 0 aliphatic carbocycles. The van der Waals surface area contributed by atoms with Gasteiger partial charge in [-0.1, -0.05) is 30.3 Å². The molecule has 2 heterocycles.